The van der Waals surface area contributed by atoms with Crippen LogP contribution >= 0.6 is 11.3 Å². The van der Waals surface area contributed by atoms with E-state index in [9.17, 15) is 13.2 Å². The Morgan fingerprint density at radius 2 is 1.71 bits per heavy atom. The van der Waals surface area contributed by atoms with E-state index in [2.05, 4.69) is 19.9 Å². The number of pyridine rings is 1. The molecule has 2 aromatic carbocycles. The molecule has 5 aromatic rings. The van der Waals surface area contributed by atoms with Gasteiger partial charge in [-0.2, -0.15) is 4.98 Å². The molecule has 0 radical (unpaired) electrons. The van der Waals surface area contributed by atoms with Crippen molar-refractivity contribution in [3.63, 3.8) is 0 Å². The number of benzene rings is 2. The lowest BCUT2D eigenvalue weighted by Crippen LogP contribution is -2.06. The van der Waals surface area contributed by atoms with Crippen molar-refractivity contribution in [3.05, 3.63) is 82.9 Å². The van der Waals surface area contributed by atoms with E-state index in [1.807, 2.05) is 24.3 Å². The van der Waals surface area contributed by atoms with Gasteiger partial charge in [0.05, 0.1) is 21.5 Å². The lowest BCUT2D eigenvalue weighted by atomic mass is 9.99. The zero-order valence-electron chi connectivity index (χ0n) is 18.4. The van der Waals surface area contributed by atoms with Crippen LogP contribution in [0.2, 0.25) is 0 Å². The van der Waals surface area contributed by atoms with Gasteiger partial charge in [-0.1, -0.05) is 12.1 Å². The average Bonchev–Trinajstić information content (AvgIpc) is 3.25. The molecule has 0 aliphatic carbocycles. The van der Waals surface area contributed by atoms with Crippen molar-refractivity contribution in [2.45, 2.75) is 20.0 Å². The second-order valence-corrected chi connectivity index (χ2v) is 8.82. The summed E-state index contributed by atoms with van der Waals surface area (Å²) in [5, 5.41) is 0.705. The van der Waals surface area contributed by atoms with E-state index >= 15 is 0 Å². The number of nitrogens with two attached hydrogens (primary N) is 1. The maximum Gasteiger partial charge on any atom is 0.280 e. The topological polar surface area (TPSA) is 86.8 Å². The van der Waals surface area contributed by atoms with Gasteiger partial charge in [-0.3, -0.25) is 4.98 Å². The molecule has 0 bridgehead atoms. The number of hydrogen-bond donors (Lipinski definition) is 1. The molecular weight excluding hydrogens is 475 g/mol. The van der Waals surface area contributed by atoms with Crippen LogP contribution in [-0.4, -0.2) is 19.9 Å². The summed E-state index contributed by atoms with van der Waals surface area (Å²) in [5.74, 6) is -0.404. The van der Waals surface area contributed by atoms with E-state index < -0.39 is 12.2 Å². The number of halogens is 3. The van der Waals surface area contributed by atoms with Gasteiger partial charge in [0, 0.05) is 11.3 Å². The Balaban J connectivity index is 1.65. The highest BCUT2D eigenvalue weighted by Crippen LogP contribution is 2.39. The summed E-state index contributed by atoms with van der Waals surface area (Å²) < 4.78 is 47.8. The number of aromatic nitrogens is 4. The van der Waals surface area contributed by atoms with Crippen LogP contribution in [0.15, 0.2) is 60.7 Å². The molecule has 10 heteroatoms. The lowest BCUT2D eigenvalue weighted by molar-refractivity contribution is 0.146. The molecule has 0 amide bonds. The van der Waals surface area contributed by atoms with Crippen molar-refractivity contribution in [1.82, 2.24) is 19.9 Å². The zero-order chi connectivity index (χ0) is 24.5. The summed E-state index contributed by atoms with van der Waals surface area (Å²) >= 11 is 1.47. The molecule has 35 heavy (non-hydrogen) atoms. The smallest absolute Gasteiger partial charge is 0.280 e. The number of ether oxygens (including phenoxy) is 1. The van der Waals surface area contributed by atoms with Crippen LogP contribution in [0.1, 0.15) is 22.8 Å². The molecular formula is C25H18F3N5OS. The number of anilines is 1. The van der Waals surface area contributed by atoms with Gasteiger partial charge >= 0.3 is 0 Å². The highest BCUT2D eigenvalue weighted by Gasteiger charge is 2.22. The van der Waals surface area contributed by atoms with Crippen molar-refractivity contribution in [2.75, 3.05) is 5.73 Å². The Labute approximate surface area is 202 Å². The highest BCUT2D eigenvalue weighted by molar-refractivity contribution is 7.18. The summed E-state index contributed by atoms with van der Waals surface area (Å²) in [5.41, 5.74) is 8.40. The lowest BCUT2D eigenvalue weighted by Gasteiger charge is -2.16. The first-order valence-corrected chi connectivity index (χ1v) is 11.4. The summed E-state index contributed by atoms with van der Waals surface area (Å²) in [6, 6.07) is 16.2. The third-order valence-electron chi connectivity index (χ3n) is 5.17. The number of alkyl halides is 2. The summed E-state index contributed by atoms with van der Waals surface area (Å²) in [6.45, 7) is 1.70. The minimum absolute atomic E-state index is 0.0766. The van der Waals surface area contributed by atoms with Crippen molar-refractivity contribution in [3.8, 4) is 28.3 Å². The van der Waals surface area contributed by atoms with E-state index in [4.69, 9.17) is 10.5 Å². The molecule has 0 aliphatic heterocycles. The zero-order valence-corrected chi connectivity index (χ0v) is 19.2. The van der Waals surface area contributed by atoms with Crippen LogP contribution in [0.4, 0.5) is 19.1 Å². The van der Waals surface area contributed by atoms with Crippen LogP contribution in [0.25, 0.3) is 32.6 Å². The average molecular weight is 494 g/mol. The van der Waals surface area contributed by atoms with Crippen LogP contribution in [-0.2, 0) is 6.61 Å². The number of thiazole rings is 1. The molecule has 2 N–H and O–H groups in total. The van der Waals surface area contributed by atoms with Crippen LogP contribution in [0.5, 0.6) is 5.88 Å². The van der Waals surface area contributed by atoms with E-state index in [0.29, 0.717) is 33.1 Å². The minimum Gasteiger partial charge on any atom is -0.470 e. The molecule has 3 aromatic heterocycles. The molecule has 0 saturated carbocycles. The number of nitrogens with zero attached hydrogens (tertiary/aromatic N) is 4. The molecule has 0 fully saturated rings. The number of nitrogen functional groups attached to an aromatic ring is 1. The maximum absolute atomic E-state index is 13.6. The van der Waals surface area contributed by atoms with Gasteiger partial charge in [-0.15, -0.1) is 11.3 Å². The fraction of sp³-hybridized carbons (Fsp3) is 0.120. The van der Waals surface area contributed by atoms with E-state index in [1.165, 1.54) is 41.7 Å². The van der Waals surface area contributed by atoms with Gasteiger partial charge in [0.25, 0.3) is 6.43 Å². The molecule has 0 atom stereocenters. The first-order valence-electron chi connectivity index (χ1n) is 10.5. The third kappa shape index (κ3) is 4.78. The number of aryl methyl sites for hydroxylation is 1. The third-order valence-corrected chi connectivity index (χ3v) is 6.18. The number of para-hydroxylation sites is 1. The Kier molecular flexibility index (Phi) is 6.04. The molecule has 0 unspecified atom stereocenters. The van der Waals surface area contributed by atoms with Crippen molar-refractivity contribution in [1.29, 1.82) is 0 Å². The predicted molar refractivity (Wildman–Crippen MR) is 129 cm³/mol. The molecule has 5 rings (SSSR count). The SMILES string of the molecule is Cc1cc(-c2c(OCc3nc4ccccc4s3)nc(N)nc2-c2ccc(F)cc2)cc(C(F)F)n1. The molecule has 3 heterocycles. The van der Waals surface area contributed by atoms with Gasteiger partial charge in [0.2, 0.25) is 11.8 Å². The van der Waals surface area contributed by atoms with E-state index in [-0.39, 0.29) is 24.1 Å². The van der Waals surface area contributed by atoms with Gasteiger partial charge in [0.1, 0.15) is 23.1 Å². The molecule has 0 spiro atoms. The monoisotopic (exact) mass is 493 g/mol. The fourth-order valence-electron chi connectivity index (χ4n) is 3.70. The highest BCUT2D eigenvalue weighted by atomic mass is 32.1. The largest absolute Gasteiger partial charge is 0.470 e. The van der Waals surface area contributed by atoms with Gasteiger partial charge in [-0.05, 0) is 61.0 Å². The van der Waals surface area contributed by atoms with Crippen LogP contribution in [0.3, 0.4) is 0 Å². The normalized spacial score (nSPS) is 11.3. The summed E-state index contributed by atoms with van der Waals surface area (Å²) in [6.07, 6.45) is -2.77. The van der Waals surface area contributed by atoms with Crippen molar-refractivity contribution < 1.29 is 17.9 Å². The number of hydrogen-bond acceptors (Lipinski definition) is 7. The first-order chi connectivity index (χ1) is 16.9. The Morgan fingerprint density at radius 1 is 0.943 bits per heavy atom. The van der Waals surface area contributed by atoms with Gasteiger partial charge < -0.3 is 10.5 Å². The number of rotatable bonds is 6. The Bertz CT molecular complexity index is 1490. The Hall–Kier alpha value is -4.05. The molecule has 0 aliphatic rings. The van der Waals surface area contributed by atoms with E-state index in [0.717, 1.165) is 10.2 Å². The summed E-state index contributed by atoms with van der Waals surface area (Å²) in [7, 11) is 0. The minimum atomic E-state index is -2.77. The molecule has 176 valence electrons. The fourth-order valence-corrected chi connectivity index (χ4v) is 4.58. The van der Waals surface area contributed by atoms with Gasteiger partial charge in [0.15, 0.2) is 0 Å². The van der Waals surface area contributed by atoms with Crippen molar-refractivity contribution in [2.24, 2.45) is 0 Å². The molecule has 0 saturated heterocycles. The predicted octanol–water partition coefficient (Wildman–Crippen LogP) is 6.36. The number of fused-ring (bicyclic) bond motifs is 1. The van der Waals surface area contributed by atoms with Crippen molar-refractivity contribution >= 4 is 27.5 Å². The Morgan fingerprint density at radius 3 is 2.46 bits per heavy atom. The van der Waals surface area contributed by atoms with E-state index in [1.54, 1.807) is 13.0 Å². The van der Waals surface area contributed by atoms with Crippen LogP contribution < -0.4 is 10.5 Å². The quantitative estimate of drug-likeness (QED) is 0.296. The standard InChI is InChI=1S/C25H18F3N5OS/c1-13-10-15(11-18(30-13)23(27)28)21-22(14-6-8-16(26)9-7-14)32-25(29)33-24(21)34-12-20-31-17-4-2-3-5-19(17)35-20/h2-11,23H,12H2,1H3,(H2,29,32,33). The van der Waals surface area contributed by atoms with Gasteiger partial charge in [-0.25, -0.2) is 23.1 Å². The van der Waals surface area contributed by atoms with Crippen LogP contribution in [0, 0.1) is 12.7 Å². The first kappa shape index (κ1) is 22.7. The maximum atomic E-state index is 13.6. The second-order valence-electron chi connectivity index (χ2n) is 7.70. The second kappa shape index (κ2) is 9.30. The molecule has 6 nitrogen and oxygen atoms in total. The summed E-state index contributed by atoms with van der Waals surface area (Å²) in [4.78, 5) is 17.1.